The molecule has 5 heteroatoms. The van der Waals surface area contributed by atoms with E-state index in [1.807, 2.05) is 0 Å². The normalized spacial score (nSPS) is 9.88. The van der Waals surface area contributed by atoms with Crippen LogP contribution in [0.1, 0.15) is 6.42 Å². The molecule has 3 nitrogen and oxygen atoms in total. The standard InChI is InChI=1S/C3H5Cl2NO2/c4-6(5)2-1-3(7)8/h1-2H2,(H,7,8). The van der Waals surface area contributed by atoms with Crippen LogP contribution in [0.2, 0.25) is 0 Å². The van der Waals surface area contributed by atoms with Crippen molar-refractivity contribution in [1.29, 1.82) is 0 Å². The number of carboxylic acid groups (broad SMARTS) is 1. The molecule has 0 rings (SSSR count). The second-order valence-corrected chi connectivity index (χ2v) is 2.16. The highest BCUT2D eigenvalue weighted by Gasteiger charge is 1.99. The topological polar surface area (TPSA) is 40.5 Å². The highest BCUT2D eigenvalue weighted by Crippen LogP contribution is 1.98. The van der Waals surface area contributed by atoms with Gasteiger partial charge >= 0.3 is 5.97 Å². The fraction of sp³-hybridized carbons (Fsp3) is 0.667. The van der Waals surface area contributed by atoms with Crippen molar-refractivity contribution in [1.82, 2.24) is 3.94 Å². The molecule has 0 saturated carbocycles. The average molecular weight is 158 g/mol. The summed E-state index contributed by atoms with van der Waals surface area (Å²) < 4.78 is 0.786. The van der Waals surface area contributed by atoms with E-state index in [9.17, 15) is 4.79 Å². The van der Waals surface area contributed by atoms with E-state index in [0.29, 0.717) is 0 Å². The van der Waals surface area contributed by atoms with E-state index in [4.69, 9.17) is 28.7 Å². The Hall–Kier alpha value is 0.01000. The van der Waals surface area contributed by atoms with E-state index in [-0.39, 0.29) is 13.0 Å². The van der Waals surface area contributed by atoms with Crippen molar-refractivity contribution in [2.24, 2.45) is 0 Å². The monoisotopic (exact) mass is 157 g/mol. The zero-order valence-electron chi connectivity index (χ0n) is 3.97. The molecule has 0 bridgehead atoms. The number of halogens is 2. The molecule has 0 spiro atoms. The molecule has 0 amide bonds. The summed E-state index contributed by atoms with van der Waals surface area (Å²) in [4.78, 5) is 9.76. The number of aliphatic carboxylic acids is 1. The van der Waals surface area contributed by atoms with Gasteiger partial charge < -0.3 is 5.11 Å². The van der Waals surface area contributed by atoms with E-state index >= 15 is 0 Å². The Bertz CT molecular complexity index is 85.4. The SMILES string of the molecule is O=C(O)CCN(Cl)Cl. The molecule has 0 saturated heterocycles. The van der Waals surface area contributed by atoms with Crippen LogP contribution < -0.4 is 0 Å². The highest BCUT2D eigenvalue weighted by atomic mass is 35.5. The molecule has 0 aliphatic carbocycles. The zero-order valence-corrected chi connectivity index (χ0v) is 5.48. The lowest BCUT2D eigenvalue weighted by molar-refractivity contribution is -0.136. The molecule has 0 unspecified atom stereocenters. The number of carbonyl (C=O) groups is 1. The minimum absolute atomic E-state index is 0.0347. The Kier molecular flexibility index (Phi) is 3.95. The molecule has 0 aromatic carbocycles. The Morgan fingerprint density at radius 1 is 1.62 bits per heavy atom. The Labute approximate surface area is 57.0 Å². The average Bonchev–Trinajstić information content (AvgIpc) is 1.61. The molecular formula is C3H5Cl2NO2. The summed E-state index contributed by atoms with van der Waals surface area (Å²) >= 11 is 10.1. The van der Waals surface area contributed by atoms with Crippen LogP contribution in [0.15, 0.2) is 0 Å². The molecular weight excluding hydrogens is 153 g/mol. The van der Waals surface area contributed by atoms with E-state index in [0.717, 1.165) is 3.94 Å². The summed E-state index contributed by atoms with van der Waals surface area (Å²) in [5.41, 5.74) is 0. The molecule has 0 atom stereocenters. The van der Waals surface area contributed by atoms with Gasteiger partial charge in [0.2, 0.25) is 0 Å². The third-order valence-electron chi connectivity index (χ3n) is 0.495. The first-order valence-corrected chi connectivity index (χ1v) is 2.61. The van der Waals surface area contributed by atoms with Gasteiger partial charge in [0.25, 0.3) is 0 Å². The predicted molar refractivity (Wildman–Crippen MR) is 30.7 cm³/mol. The smallest absolute Gasteiger partial charge is 0.304 e. The number of carboxylic acids is 1. The van der Waals surface area contributed by atoms with Gasteiger partial charge in [-0.05, 0) is 23.6 Å². The van der Waals surface area contributed by atoms with E-state index < -0.39 is 5.97 Å². The first kappa shape index (κ1) is 8.01. The highest BCUT2D eigenvalue weighted by molar-refractivity contribution is 6.33. The van der Waals surface area contributed by atoms with Gasteiger partial charge in [-0.15, -0.1) is 3.94 Å². The first-order valence-electron chi connectivity index (χ1n) is 1.94. The molecule has 0 aromatic heterocycles. The lowest BCUT2D eigenvalue weighted by Gasteiger charge is -1.97. The van der Waals surface area contributed by atoms with Crippen LogP contribution in [0.5, 0.6) is 0 Å². The predicted octanol–water partition coefficient (Wildman–Crippen LogP) is 1.07. The maximum Gasteiger partial charge on any atom is 0.304 e. The number of hydrogen-bond acceptors (Lipinski definition) is 2. The van der Waals surface area contributed by atoms with E-state index in [1.165, 1.54) is 0 Å². The van der Waals surface area contributed by atoms with Gasteiger partial charge in [-0.3, -0.25) is 4.79 Å². The van der Waals surface area contributed by atoms with Crippen LogP contribution in [0.3, 0.4) is 0 Å². The maximum absolute atomic E-state index is 9.76. The Morgan fingerprint density at radius 3 is 2.25 bits per heavy atom. The second-order valence-electron chi connectivity index (χ2n) is 1.17. The van der Waals surface area contributed by atoms with Gasteiger partial charge in [-0.25, -0.2) is 0 Å². The molecule has 0 aromatic rings. The fourth-order valence-electron chi connectivity index (χ4n) is 0.180. The van der Waals surface area contributed by atoms with Crippen LogP contribution >= 0.6 is 23.6 Å². The summed E-state index contributed by atoms with van der Waals surface area (Å²) in [6, 6.07) is 0. The van der Waals surface area contributed by atoms with Crippen molar-refractivity contribution in [2.75, 3.05) is 6.54 Å². The van der Waals surface area contributed by atoms with E-state index in [1.54, 1.807) is 0 Å². The van der Waals surface area contributed by atoms with Crippen LogP contribution in [-0.4, -0.2) is 21.6 Å². The van der Waals surface area contributed by atoms with Crippen LogP contribution in [0.25, 0.3) is 0 Å². The molecule has 0 fully saturated rings. The lowest BCUT2D eigenvalue weighted by Crippen LogP contribution is -2.06. The summed E-state index contributed by atoms with van der Waals surface area (Å²) in [6.45, 7) is 0.151. The van der Waals surface area contributed by atoms with Gasteiger partial charge in [0.05, 0.1) is 6.42 Å². The molecule has 0 aliphatic heterocycles. The molecule has 48 valence electrons. The quantitative estimate of drug-likeness (QED) is 0.624. The fourth-order valence-corrected chi connectivity index (χ4v) is 0.349. The number of rotatable bonds is 3. The third kappa shape index (κ3) is 6.01. The molecule has 0 heterocycles. The third-order valence-corrected chi connectivity index (χ3v) is 0.833. The van der Waals surface area contributed by atoms with Crippen molar-refractivity contribution in [2.45, 2.75) is 6.42 Å². The molecule has 0 aliphatic rings. The van der Waals surface area contributed by atoms with Crippen molar-refractivity contribution in [3.63, 3.8) is 0 Å². The lowest BCUT2D eigenvalue weighted by atomic mass is 10.5. The van der Waals surface area contributed by atoms with Crippen LogP contribution in [-0.2, 0) is 4.79 Å². The zero-order chi connectivity index (χ0) is 6.57. The van der Waals surface area contributed by atoms with E-state index in [2.05, 4.69) is 0 Å². The van der Waals surface area contributed by atoms with Crippen LogP contribution in [0.4, 0.5) is 0 Å². The van der Waals surface area contributed by atoms with Crippen molar-refractivity contribution < 1.29 is 9.90 Å². The van der Waals surface area contributed by atoms with Crippen molar-refractivity contribution in [3.05, 3.63) is 0 Å². The minimum Gasteiger partial charge on any atom is -0.481 e. The largest absolute Gasteiger partial charge is 0.481 e. The molecule has 0 radical (unpaired) electrons. The molecule has 8 heavy (non-hydrogen) atoms. The van der Waals surface area contributed by atoms with Crippen molar-refractivity contribution >= 4 is 29.5 Å². The first-order chi connectivity index (χ1) is 3.63. The Balaban J connectivity index is 3.05. The maximum atomic E-state index is 9.76. The van der Waals surface area contributed by atoms with Gasteiger partial charge in [-0.1, -0.05) is 0 Å². The second kappa shape index (κ2) is 3.95. The van der Waals surface area contributed by atoms with Gasteiger partial charge in [-0.2, -0.15) is 0 Å². The number of nitrogens with zero attached hydrogens (tertiary/aromatic N) is 1. The van der Waals surface area contributed by atoms with Gasteiger partial charge in [0.15, 0.2) is 0 Å². The number of hydrogen-bond donors (Lipinski definition) is 1. The van der Waals surface area contributed by atoms with Crippen LogP contribution in [0, 0.1) is 0 Å². The summed E-state index contributed by atoms with van der Waals surface area (Å²) in [6.07, 6.45) is -0.0347. The van der Waals surface area contributed by atoms with Gasteiger partial charge in [0.1, 0.15) is 0 Å². The molecule has 1 N–H and O–H groups in total. The van der Waals surface area contributed by atoms with Gasteiger partial charge in [0, 0.05) is 6.54 Å². The summed E-state index contributed by atoms with van der Waals surface area (Å²) in [7, 11) is 0. The Morgan fingerprint density at radius 2 is 2.12 bits per heavy atom. The minimum atomic E-state index is -0.906. The summed E-state index contributed by atoms with van der Waals surface area (Å²) in [5, 5.41) is 8.02. The summed E-state index contributed by atoms with van der Waals surface area (Å²) in [5.74, 6) is -0.906. The van der Waals surface area contributed by atoms with Crippen molar-refractivity contribution in [3.8, 4) is 0 Å².